The summed E-state index contributed by atoms with van der Waals surface area (Å²) in [4.78, 5) is 11.7. The lowest BCUT2D eigenvalue weighted by atomic mass is 10.1. The molecule has 90 valence electrons. The molecule has 0 saturated heterocycles. The van der Waals surface area contributed by atoms with E-state index in [-0.39, 0.29) is 11.9 Å². The summed E-state index contributed by atoms with van der Waals surface area (Å²) in [6.45, 7) is 1.99. The Kier molecular flexibility index (Phi) is 5.71. The zero-order valence-electron chi connectivity index (χ0n) is 9.74. The van der Waals surface area contributed by atoms with Crippen LogP contribution in [0.15, 0.2) is 28.7 Å². The maximum atomic E-state index is 11.7. The van der Waals surface area contributed by atoms with Gasteiger partial charge in [-0.1, -0.05) is 41.4 Å². The molecule has 0 aromatic heterocycles. The molecule has 3 nitrogen and oxygen atoms in total. The summed E-state index contributed by atoms with van der Waals surface area (Å²) >= 11 is 3.36. The lowest BCUT2D eigenvalue weighted by Gasteiger charge is -2.10. The van der Waals surface area contributed by atoms with Gasteiger partial charge in [0.2, 0.25) is 5.91 Å². The van der Waals surface area contributed by atoms with Gasteiger partial charge in [0.05, 0.1) is 12.5 Å². The Morgan fingerprint density at radius 3 is 2.94 bits per heavy atom. The zero-order chi connectivity index (χ0) is 12.7. The third-order valence-corrected chi connectivity index (χ3v) is 2.82. The Morgan fingerprint density at radius 1 is 1.59 bits per heavy atom. The monoisotopic (exact) mass is 294 g/mol. The number of carbonyl (C=O) groups is 1. The van der Waals surface area contributed by atoms with Gasteiger partial charge in [-0.25, -0.2) is 0 Å². The molecule has 0 aliphatic heterocycles. The van der Waals surface area contributed by atoms with E-state index in [9.17, 15) is 4.79 Å². The molecule has 0 heterocycles. The van der Waals surface area contributed by atoms with E-state index in [1.165, 1.54) is 0 Å². The fraction of sp³-hybridized carbons (Fsp3) is 0.385. The first-order chi connectivity index (χ1) is 8.15. The van der Waals surface area contributed by atoms with Crippen molar-refractivity contribution >= 4 is 21.8 Å². The van der Waals surface area contributed by atoms with E-state index in [0.29, 0.717) is 12.8 Å². The molecule has 0 radical (unpaired) electrons. The molecular weight excluding hydrogens is 280 g/mol. The van der Waals surface area contributed by atoms with Crippen molar-refractivity contribution in [3.05, 3.63) is 34.3 Å². The molecule has 1 aromatic rings. The summed E-state index contributed by atoms with van der Waals surface area (Å²) in [7, 11) is 0. The van der Waals surface area contributed by atoms with Gasteiger partial charge < -0.3 is 5.32 Å². The molecule has 0 spiro atoms. The fourth-order valence-electron chi connectivity index (χ4n) is 1.54. The van der Waals surface area contributed by atoms with E-state index in [2.05, 4.69) is 27.3 Å². The normalized spacial score (nSPS) is 11.6. The third kappa shape index (κ3) is 5.01. The molecule has 17 heavy (non-hydrogen) atoms. The largest absolute Gasteiger partial charge is 0.340 e. The summed E-state index contributed by atoms with van der Waals surface area (Å²) in [5.41, 5.74) is 0.935. The highest BCUT2D eigenvalue weighted by molar-refractivity contribution is 9.10. The average Bonchev–Trinajstić information content (AvgIpc) is 2.28. The molecule has 4 heteroatoms. The third-order valence-electron chi connectivity index (χ3n) is 2.32. The Hall–Kier alpha value is -1.34. The molecule has 1 N–H and O–H groups in total. The van der Waals surface area contributed by atoms with Crippen molar-refractivity contribution in [1.29, 1.82) is 5.26 Å². The minimum absolute atomic E-state index is 0.108. The minimum atomic E-state index is -0.375. The number of hydrogen-bond acceptors (Lipinski definition) is 2. The van der Waals surface area contributed by atoms with Crippen molar-refractivity contribution in [2.75, 3.05) is 0 Å². The van der Waals surface area contributed by atoms with Gasteiger partial charge in [-0.3, -0.25) is 4.79 Å². The lowest BCUT2D eigenvalue weighted by molar-refractivity contribution is -0.120. The molecule has 0 aliphatic rings. The highest BCUT2D eigenvalue weighted by Crippen LogP contribution is 2.12. The quantitative estimate of drug-likeness (QED) is 0.908. The van der Waals surface area contributed by atoms with Crippen molar-refractivity contribution in [3.63, 3.8) is 0 Å². The van der Waals surface area contributed by atoms with Crippen LogP contribution in [0.5, 0.6) is 0 Å². The number of nitrogens with zero attached hydrogens (tertiary/aromatic N) is 1. The van der Waals surface area contributed by atoms with Crippen molar-refractivity contribution in [3.8, 4) is 6.07 Å². The van der Waals surface area contributed by atoms with Gasteiger partial charge >= 0.3 is 0 Å². The Morgan fingerprint density at radius 2 is 2.35 bits per heavy atom. The first-order valence-corrected chi connectivity index (χ1v) is 6.38. The SMILES string of the molecule is CCCC(C#N)NC(=O)Cc1cccc(Br)c1. The van der Waals surface area contributed by atoms with Crippen molar-refractivity contribution in [2.45, 2.75) is 32.2 Å². The molecule has 1 atom stereocenters. The summed E-state index contributed by atoms with van der Waals surface area (Å²) in [6.07, 6.45) is 1.89. The number of amides is 1. The number of nitrogens with one attached hydrogen (secondary N) is 1. The van der Waals surface area contributed by atoms with Crippen LogP contribution in [-0.2, 0) is 11.2 Å². The predicted octanol–water partition coefficient (Wildman–Crippen LogP) is 2.80. The van der Waals surface area contributed by atoms with Crippen LogP contribution in [0.3, 0.4) is 0 Å². The maximum Gasteiger partial charge on any atom is 0.225 e. The molecule has 1 aromatic carbocycles. The smallest absolute Gasteiger partial charge is 0.225 e. The van der Waals surface area contributed by atoms with Crippen LogP contribution in [0.2, 0.25) is 0 Å². The second-order valence-corrected chi connectivity index (χ2v) is 4.76. The highest BCUT2D eigenvalue weighted by atomic mass is 79.9. The van der Waals surface area contributed by atoms with Crippen molar-refractivity contribution < 1.29 is 4.79 Å². The minimum Gasteiger partial charge on any atom is -0.340 e. The Labute approximate surface area is 110 Å². The molecule has 1 unspecified atom stereocenters. The molecule has 0 saturated carbocycles. The second kappa shape index (κ2) is 7.08. The predicted molar refractivity (Wildman–Crippen MR) is 70.3 cm³/mol. The van der Waals surface area contributed by atoms with Crippen LogP contribution in [0.1, 0.15) is 25.3 Å². The zero-order valence-corrected chi connectivity index (χ0v) is 11.3. The van der Waals surface area contributed by atoms with Crippen LogP contribution in [-0.4, -0.2) is 11.9 Å². The number of benzene rings is 1. The van der Waals surface area contributed by atoms with Crippen LogP contribution in [0.4, 0.5) is 0 Å². The van der Waals surface area contributed by atoms with Gasteiger partial charge in [-0.05, 0) is 24.1 Å². The van der Waals surface area contributed by atoms with Gasteiger partial charge in [0.1, 0.15) is 6.04 Å². The first kappa shape index (κ1) is 13.7. The van der Waals surface area contributed by atoms with Gasteiger partial charge in [-0.15, -0.1) is 0 Å². The Bertz CT molecular complexity index is 426. The summed E-state index contributed by atoms with van der Waals surface area (Å²) in [6, 6.07) is 9.32. The number of halogens is 1. The number of nitriles is 1. The molecular formula is C13H15BrN2O. The van der Waals surface area contributed by atoms with E-state index in [4.69, 9.17) is 5.26 Å². The molecule has 0 fully saturated rings. The fourth-order valence-corrected chi connectivity index (χ4v) is 1.98. The Balaban J connectivity index is 2.52. The van der Waals surface area contributed by atoms with E-state index >= 15 is 0 Å². The maximum absolute atomic E-state index is 11.7. The second-order valence-electron chi connectivity index (χ2n) is 3.84. The van der Waals surface area contributed by atoms with E-state index < -0.39 is 0 Å². The van der Waals surface area contributed by atoms with Crippen molar-refractivity contribution in [1.82, 2.24) is 5.32 Å². The van der Waals surface area contributed by atoms with Crippen molar-refractivity contribution in [2.24, 2.45) is 0 Å². The summed E-state index contributed by atoms with van der Waals surface area (Å²) in [5, 5.41) is 11.6. The van der Waals surface area contributed by atoms with E-state index in [0.717, 1.165) is 16.5 Å². The van der Waals surface area contributed by atoms with Gasteiger partial charge in [0.15, 0.2) is 0 Å². The topological polar surface area (TPSA) is 52.9 Å². The lowest BCUT2D eigenvalue weighted by Crippen LogP contribution is -2.34. The average molecular weight is 295 g/mol. The number of hydrogen-bond donors (Lipinski definition) is 1. The first-order valence-electron chi connectivity index (χ1n) is 5.59. The van der Waals surface area contributed by atoms with Gasteiger partial charge in [-0.2, -0.15) is 5.26 Å². The van der Waals surface area contributed by atoms with E-state index in [1.807, 2.05) is 31.2 Å². The molecule has 0 aliphatic carbocycles. The molecule has 1 amide bonds. The summed E-state index contributed by atoms with van der Waals surface area (Å²) in [5.74, 6) is -0.108. The number of carbonyl (C=O) groups excluding carboxylic acids is 1. The van der Waals surface area contributed by atoms with E-state index in [1.54, 1.807) is 0 Å². The highest BCUT2D eigenvalue weighted by Gasteiger charge is 2.10. The van der Waals surface area contributed by atoms with Crippen LogP contribution < -0.4 is 5.32 Å². The molecule has 1 rings (SSSR count). The van der Waals surface area contributed by atoms with Crippen LogP contribution >= 0.6 is 15.9 Å². The van der Waals surface area contributed by atoms with Crippen LogP contribution in [0, 0.1) is 11.3 Å². The molecule has 0 bridgehead atoms. The van der Waals surface area contributed by atoms with Gasteiger partial charge in [0.25, 0.3) is 0 Å². The summed E-state index contributed by atoms with van der Waals surface area (Å²) < 4.78 is 0.952. The van der Waals surface area contributed by atoms with Gasteiger partial charge in [0, 0.05) is 4.47 Å². The standard InChI is InChI=1S/C13H15BrN2O/c1-2-4-12(9-15)16-13(17)8-10-5-3-6-11(14)7-10/h3,5-7,12H,2,4,8H2,1H3,(H,16,17). The number of rotatable bonds is 5. The van der Waals surface area contributed by atoms with Crippen LogP contribution in [0.25, 0.3) is 0 Å².